The minimum Gasteiger partial charge on any atom is -0.437 e. The third kappa shape index (κ3) is 3.01. The lowest BCUT2D eigenvalue weighted by atomic mass is 10.1. The summed E-state index contributed by atoms with van der Waals surface area (Å²) in [7, 11) is -5.19. The molecule has 140 valence electrons. The van der Waals surface area contributed by atoms with E-state index in [0.717, 1.165) is 6.07 Å². The van der Waals surface area contributed by atoms with E-state index in [0.29, 0.717) is 11.8 Å². The Kier molecular flexibility index (Phi) is 4.39. The first-order chi connectivity index (χ1) is 12.0. The smallest absolute Gasteiger partial charge is 0.341 e. The SMILES string of the molecule is Cc1cncc(Oc2ccc(S(=O)(=O)C(F)F)c3c2CC(F)(F)[C@H]3O)n1. The second-order valence-corrected chi connectivity index (χ2v) is 7.59. The second-order valence-electron chi connectivity index (χ2n) is 5.70. The van der Waals surface area contributed by atoms with Crippen molar-refractivity contribution in [2.75, 3.05) is 0 Å². The van der Waals surface area contributed by atoms with Crippen molar-refractivity contribution in [2.24, 2.45) is 0 Å². The van der Waals surface area contributed by atoms with Gasteiger partial charge in [-0.2, -0.15) is 8.78 Å². The highest BCUT2D eigenvalue weighted by Gasteiger charge is 2.51. The molecule has 0 fully saturated rings. The average Bonchev–Trinajstić information content (AvgIpc) is 2.78. The maximum absolute atomic E-state index is 14.0. The van der Waals surface area contributed by atoms with Crippen LogP contribution in [0, 0.1) is 6.92 Å². The first kappa shape index (κ1) is 18.5. The minimum absolute atomic E-state index is 0.0543. The van der Waals surface area contributed by atoms with Crippen molar-refractivity contribution < 1.29 is 35.8 Å². The van der Waals surface area contributed by atoms with Crippen LogP contribution in [0.2, 0.25) is 0 Å². The number of alkyl halides is 4. The van der Waals surface area contributed by atoms with Crippen molar-refractivity contribution >= 4 is 9.84 Å². The van der Waals surface area contributed by atoms with Gasteiger partial charge in [-0.05, 0) is 19.1 Å². The first-order valence-electron chi connectivity index (χ1n) is 7.24. The molecule has 0 radical (unpaired) electrons. The molecule has 1 N–H and O–H groups in total. The van der Waals surface area contributed by atoms with Gasteiger partial charge in [0.1, 0.15) is 11.9 Å². The van der Waals surface area contributed by atoms with Gasteiger partial charge in [0, 0.05) is 23.7 Å². The van der Waals surface area contributed by atoms with Gasteiger partial charge in [-0.15, -0.1) is 0 Å². The highest BCUT2D eigenvalue weighted by atomic mass is 32.2. The summed E-state index contributed by atoms with van der Waals surface area (Å²) < 4.78 is 82.6. The van der Waals surface area contributed by atoms with Crippen molar-refractivity contribution in [3.05, 3.63) is 41.3 Å². The number of halogens is 4. The van der Waals surface area contributed by atoms with Crippen molar-refractivity contribution in [2.45, 2.75) is 36.0 Å². The molecule has 6 nitrogen and oxygen atoms in total. The number of fused-ring (bicyclic) bond motifs is 1. The summed E-state index contributed by atoms with van der Waals surface area (Å²) in [6.07, 6.45) is -0.988. The van der Waals surface area contributed by atoms with E-state index in [-0.39, 0.29) is 17.2 Å². The zero-order valence-electron chi connectivity index (χ0n) is 13.2. The third-order valence-corrected chi connectivity index (χ3v) is 5.29. The van der Waals surface area contributed by atoms with Crippen LogP contribution in [0.1, 0.15) is 22.9 Å². The normalized spacial score (nSPS) is 18.8. The summed E-state index contributed by atoms with van der Waals surface area (Å²) in [4.78, 5) is 6.75. The van der Waals surface area contributed by atoms with E-state index in [1.54, 1.807) is 6.92 Å². The number of aryl methyl sites for hydroxylation is 1. The number of aromatic nitrogens is 2. The predicted molar refractivity (Wildman–Crippen MR) is 80.1 cm³/mol. The number of ether oxygens (including phenoxy) is 1. The Hall–Kier alpha value is -2.27. The number of aliphatic hydroxyl groups excluding tert-OH is 1. The predicted octanol–water partition coefficient (Wildman–Crippen LogP) is 2.80. The molecule has 1 aromatic heterocycles. The van der Waals surface area contributed by atoms with E-state index in [1.165, 1.54) is 12.4 Å². The van der Waals surface area contributed by atoms with Crippen LogP contribution in [0.3, 0.4) is 0 Å². The maximum atomic E-state index is 14.0. The monoisotopic (exact) mass is 392 g/mol. The topological polar surface area (TPSA) is 89.4 Å². The van der Waals surface area contributed by atoms with Gasteiger partial charge < -0.3 is 9.84 Å². The molecule has 1 heterocycles. The number of hydrogen-bond acceptors (Lipinski definition) is 6. The van der Waals surface area contributed by atoms with Crippen LogP contribution < -0.4 is 4.74 Å². The van der Waals surface area contributed by atoms with E-state index in [4.69, 9.17) is 4.74 Å². The number of aliphatic hydroxyl groups is 1. The molecular formula is C15H12F4N2O4S. The van der Waals surface area contributed by atoms with Crippen LogP contribution in [0.4, 0.5) is 17.6 Å². The van der Waals surface area contributed by atoms with Gasteiger partial charge in [0.25, 0.3) is 5.92 Å². The van der Waals surface area contributed by atoms with Crippen LogP contribution in [0.25, 0.3) is 0 Å². The summed E-state index contributed by atoms with van der Waals surface area (Å²) >= 11 is 0. The molecule has 0 unspecified atom stereocenters. The first-order valence-corrected chi connectivity index (χ1v) is 8.79. The molecule has 11 heteroatoms. The van der Waals surface area contributed by atoms with Crippen LogP contribution in [0.5, 0.6) is 11.6 Å². The van der Waals surface area contributed by atoms with Gasteiger partial charge in [-0.1, -0.05) is 0 Å². The molecule has 2 aromatic rings. The molecule has 0 aliphatic heterocycles. The third-order valence-electron chi connectivity index (χ3n) is 3.85. The van der Waals surface area contributed by atoms with Gasteiger partial charge >= 0.3 is 5.76 Å². The molecule has 1 aliphatic carbocycles. The number of rotatable bonds is 4. The van der Waals surface area contributed by atoms with Gasteiger partial charge in [0.2, 0.25) is 15.7 Å². The van der Waals surface area contributed by atoms with E-state index < -0.39 is 44.5 Å². The summed E-state index contributed by atoms with van der Waals surface area (Å²) in [6, 6.07) is 1.69. The van der Waals surface area contributed by atoms with Crippen molar-refractivity contribution in [3.8, 4) is 11.6 Å². The zero-order valence-corrected chi connectivity index (χ0v) is 14.0. The maximum Gasteiger partial charge on any atom is 0.341 e. The molecule has 0 amide bonds. The Balaban J connectivity index is 2.16. The largest absolute Gasteiger partial charge is 0.437 e. The van der Waals surface area contributed by atoms with E-state index in [9.17, 15) is 31.1 Å². The summed E-state index contributed by atoms with van der Waals surface area (Å²) in [5.41, 5.74) is -0.678. The molecule has 26 heavy (non-hydrogen) atoms. The van der Waals surface area contributed by atoms with E-state index in [2.05, 4.69) is 9.97 Å². The van der Waals surface area contributed by atoms with Crippen LogP contribution in [-0.2, 0) is 16.3 Å². The standard InChI is InChI=1S/C15H12F4N2O4S/c1-7-5-20-6-11(21-7)25-9-2-3-10(26(23,24)14(16)17)12-8(9)4-15(18,19)13(12)22/h2-3,5-6,13-14,22H,4H2,1H3/t13-/m0/s1. The van der Waals surface area contributed by atoms with Crippen LogP contribution >= 0.6 is 0 Å². The Labute approximate surface area is 145 Å². The highest BCUT2D eigenvalue weighted by Crippen LogP contribution is 2.50. The molecule has 0 spiro atoms. The second kappa shape index (κ2) is 6.16. The summed E-state index contributed by atoms with van der Waals surface area (Å²) in [6.45, 7) is 1.61. The number of benzene rings is 1. The number of sulfone groups is 1. The number of nitrogens with zero attached hydrogens (tertiary/aromatic N) is 2. The van der Waals surface area contributed by atoms with E-state index >= 15 is 0 Å². The molecular weight excluding hydrogens is 380 g/mol. The minimum atomic E-state index is -5.19. The molecule has 1 atom stereocenters. The highest BCUT2D eigenvalue weighted by molar-refractivity contribution is 7.91. The van der Waals surface area contributed by atoms with Gasteiger partial charge in [0.15, 0.2) is 0 Å². The number of hydrogen-bond donors (Lipinski definition) is 1. The van der Waals surface area contributed by atoms with Gasteiger partial charge in [-0.3, -0.25) is 4.98 Å². The quantitative estimate of drug-likeness (QED) is 0.805. The summed E-state index contributed by atoms with van der Waals surface area (Å²) in [5, 5.41) is 9.83. The summed E-state index contributed by atoms with van der Waals surface area (Å²) in [5.74, 6) is -7.82. The van der Waals surface area contributed by atoms with Crippen molar-refractivity contribution in [1.82, 2.24) is 9.97 Å². The fraction of sp³-hybridized carbons (Fsp3) is 0.333. The zero-order chi connectivity index (χ0) is 19.3. The Bertz CT molecular complexity index is 966. The van der Waals surface area contributed by atoms with Crippen LogP contribution in [-0.4, -0.2) is 35.2 Å². The lowest BCUT2D eigenvalue weighted by Gasteiger charge is -2.16. The Morgan fingerprint density at radius 3 is 2.62 bits per heavy atom. The molecule has 0 saturated carbocycles. The fourth-order valence-corrected chi connectivity index (χ4v) is 3.68. The molecule has 0 bridgehead atoms. The van der Waals surface area contributed by atoms with Crippen molar-refractivity contribution in [1.29, 1.82) is 0 Å². The van der Waals surface area contributed by atoms with Gasteiger partial charge in [0.05, 0.1) is 16.8 Å². The molecule has 3 rings (SSSR count). The van der Waals surface area contributed by atoms with E-state index in [1.807, 2.05) is 0 Å². The van der Waals surface area contributed by atoms with Gasteiger partial charge in [-0.25, -0.2) is 22.2 Å². The Morgan fingerprint density at radius 1 is 1.31 bits per heavy atom. The molecule has 1 aliphatic rings. The lowest BCUT2D eigenvalue weighted by Crippen LogP contribution is -2.23. The van der Waals surface area contributed by atoms with Crippen LogP contribution in [0.15, 0.2) is 29.4 Å². The van der Waals surface area contributed by atoms with Crippen molar-refractivity contribution in [3.63, 3.8) is 0 Å². The fourth-order valence-electron chi connectivity index (χ4n) is 2.69. The average molecular weight is 392 g/mol. The molecule has 1 aromatic carbocycles. The Morgan fingerprint density at radius 2 is 2.00 bits per heavy atom. The lowest BCUT2D eigenvalue weighted by molar-refractivity contribution is -0.0976. The molecule has 0 saturated heterocycles.